The lowest BCUT2D eigenvalue weighted by molar-refractivity contribution is -0.117. The standard InChI is InChI=1S/C15H17N3O/c1-18(11-7-8-11)10-15(19)17-14-6-2-5-13-12(14)4-3-9-16-13/h2-6,9,11H,7-8,10H2,1H3,(H,17,19). The highest BCUT2D eigenvalue weighted by Gasteiger charge is 2.27. The number of nitrogens with zero attached hydrogens (tertiary/aromatic N) is 2. The second-order valence-electron chi connectivity index (χ2n) is 5.07. The van der Waals surface area contributed by atoms with Crippen LogP contribution in [0, 0.1) is 0 Å². The van der Waals surface area contributed by atoms with Crippen molar-refractivity contribution >= 4 is 22.5 Å². The van der Waals surface area contributed by atoms with Crippen LogP contribution >= 0.6 is 0 Å². The van der Waals surface area contributed by atoms with Gasteiger partial charge in [0.25, 0.3) is 0 Å². The van der Waals surface area contributed by atoms with E-state index in [1.54, 1.807) is 6.20 Å². The van der Waals surface area contributed by atoms with E-state index in [0.29, 0.717) is 12.6 Å². The molecule has 1 N–H and O–H groups in total. The summed E-state index contributed by atoms with van der Waals surface area (Å²) in [5.41, 5.74) is 1.73. The Kier molecular flexibility index (Phi) is 3.17. The molecule has 1 fully saturated rings. The first-order valence-electron chi connectivity index (χ1n) is 6.58. The average molecular weight is 255 g/mol. The zero-order valence-corrected chi connectivity index (χ0v) is 11.0. The number of hydrogen-bond acceptors (Lipinski definition) is 3. The first kappa shape index (κ1) is 12.1. The van der Waals surface area contributed by atoms with Gasteiger partial charge in [0.05, 0.1) is 17.7 Å². The van der Waals surface area contributed by atoms with E-state index in [2.05, 4.69) is 15.2 Å². The molecule has 0 aliphatic heterocycles. The number of nitrogens with one attached hydrogen (secondary N) is 1. The van der Waals surface area contributed by atoms with Crippen LogP contribution in [0.3, 0.4) is 0 Å². The van der Waals surface area contributed by atoms with Crippen LogP contribution in [-0.2, 0) is 4.79 Å². The van der Waals surface area contributed by atoms with Gasteiger partial charge in [-0.2, -0.15) is 0 Å². The maximum Gasteiger partial charge on any atom is 0.238 e. The lowest BCUT2D eigenvalue weighted by atomic mass is 10.2. The highest BCUT2D eigenvalue weighted by Crippen LogP contribution is 2.25. The summed E-state index contributed by atoms with van der Waals surface area (Å²) in [4.78, 5) is 18.4. The quantitative estimate of drug-likeness (QED) is 0.911. The molecule has 1 aliphatic carbocycles. The molecule has 1 amide bonds. The number of amides is 1. The van der Waals surface area contributed by atoms with Crippen LogP contribution in [0.5, 0.6) is 0 Å². The topological polar surface area (TPSA) is 45.2 Å². The fourth-order valence-electron chi connectivity index (χ4n) is 2.27. The molecule has 19 heavy (non-hydrogen) atoms. The minimum atomic E-state index is 0.0331. The molecule has 0 saturated heterocycles. The Labute approximate surface area is 112 Å². The molecule has 0 bridgehead atoms. The first-order chi connectivity index (χ1) is 9.24. The number of aromatic nitrogens is 1. The van der Waals surface area contributed by atoms with E-state index >= 15 is 0 Å². The van der Waals surface area contributed by atoms with Crippen LogP contribution in [0.15, 0.2) is 36.5 Å². The SMILES string of the molecule is CN(CC(=O)Nc1cccc2ncccc12)C1CC1. The first-order valence-corrected chi connectivity index (χ1v) is 6.58. The van der Waals surface area contributed by atoms with Crippen molar-refractivity contribution in [2.45, 2.75) is 18.9 Å². The minimum absolute atomic E-state index is 0.0331. The number of carbonyl (C=O) groups is 1. The van der Waals surface area contributed by atoms with Gasteiger partial charge < -0.3 is 5.32 Å². The van der Waals surface area contributed by atoms with Crippen LogP contribution in [0.2, 0.25) is 0 Å². The molecule has 1 aromatic carbocycles. The summed E-state index contributed by atoms with van der Waals surface area (Å²) in [5, 5.41) is 3.96. The van der Waals surface area contributed by atoms with Crippen LogP contribution in [0.25, 0.3) is 10.9 Å². The number of benzene rings is 1. The number of pyridine rings is 1. The summed E-state index contributed by atoms with van der Waals surface area (Å²) in [6, 6.07) is 10.2. The molecule has 0 unspecified atom stereocenters. The van der Waals surface area contributed by atoms with E-state index in [9.17, 15) is 4.79 Å². The predicted molar refractivity (Wildman–Crippen MR) is 76.0 cm³/mol. The van der Waals surface area contributed by atoms with E-state index in [0.717, 1.165) is 16.6 Å². The van der Waals surface area contributed by atoms with Crippen molar-refractivity contribution in [3.8, 4) is 0 Å². The van der Waals surface area contributed by atoms with Crippen LogP contribution in [0.1, 0.15) is 12.8 Å². The van der Waals surface area contributed by atoms with Crippen molar-refractivity contribution in [2.75, 3.05) is 18.9 Å². The van der Waals surface area contributed by atoms with Gasteiger partial charge >= 0.3 is 0 Å². The van der Waals surface area contributed by atoms with Crippen molar-refractivity contribution in [3.05, 3.63) is 36.5 Å². The fraction of sp³-hybridized carbons (Fsp3) is 0.333. The Morgan fingerprint density at radius 1 is 1.37 bits per heavy atom. The molecule has 4 heteroatoms. The van der Waals surface area contributed by atoms with Gasteiger partial charge in [0.2, 0.25) is 5.91 Å². The van der Waals surface area contributed by atoms with Gasteiger partial charge in [0.15, 0.2) is 0 Å². The van der Waals surface area contributed by atoms with Gasteiger partial charge in [-0.25, -0.2) is 0 Å². The van der Waals surface area contributed by atoms with Crippen LogP contribution in [-0.4, -0.2) is 35.4 Å². The Balaban J connectivity index is 1.75. The third kappa shape index (κ3) is 2.74. The van der Waals surface area contributed by atoms with Gasteiger partial charge in [0, 0.05) is 17.6 Å². The van der Waals surface area contributed by atoms with E-state index in [4.69, 9.17) is 0 Å². The minimum Gasteiger partial charge on any atom is -0.324 e. The highest BCUT2D eigenvalue weighted by molar-refractivity contribution is 6.01. The number of hydrogen-bond donors (Lipinski definition) is 1. The van der Waals surface area contributed by atoms with Crippen molar-refractivity contribution in [2.24, 2.45) is 0 Å². The Morgan fingerprint density at radius 3 is 3.00 bits per heavy atom. The normalized spacial score (nSPS) is 14.8. The largest absolute Gasteiger partial charge is 0.324 e. The smallest absolute Gasteiger partial charge is 0.238 e. The van der Waals surface area contributed by atoms with Crippen molar-refractivity contribution < 1.29 is 4.79 Å². The summed E-state index contributed by atoms with van der Waals surface area (Å²) in [6.45, 7) is 0.446. The summed E-state index contributed by atoms with van der Waals surface area (Å²) < 4.78 is 0. The Hall–Kier alpha value is -1.94. The molecule has 1 heterocycles. The molecule has 98 valence electrons. The van der Waals surface area contributed by atoms with E-state index in [1.807, 2.05) is 37.4 Å². The number of fused-ring (bicyclic) bond motifs is 1. The van der Waals surface area contributed by atoms with Crippen LogP contribution < -0.4 is 5.32 Å². The van der Waals surface area contributed by atoms with Gasteiger partial charge in [0.1, 0.15) is 0 Å². The van der Waals surface area contributed by atoms with Gasteiger partial charge in [-0.1, -0.05) is 6.07 Å². The molecular weight excluding hydrogens is 238 g/mol. The summed E-state index contributed by atoms with van der Waals surface area (Å²) >= 11 is 0. The van der Waals surface area contributed by atoms with Crippen molar-refractivity contribution in [1.82, 2.24) is 9.88 Å². The molecule has 4 nitrogen and oxygen atoms in total. The molecule has 1 aromatic heterocycles. The number of anilines is 1. The molecule has 3 rings (SSSR count). The lowest BCUT2D eigenvalue weighted by Gasteiger charge is -2.15. The Morgan fingerprint density at radius 2 is 2.21 bits per heavy atom. The van der Waals surface area contributed by atoms with E-state index < -0.39 is 0 Å². The monoisotopic (exact) mass is 255 g/mol. The lowest BCUT2D eigenvalue weighted by Crippen LogP contribution is -2.31. The summed E-state index contributed by atoms with van der Waals surface area (Å²) in [6.07, 6.45) is 4.18. The molecule has 2 aromatic rings. The second kappa shape index (κ2) is 4.97. The molecule has 0 atom stereocenters. The van der Waals surface area contributed by atoms with Gasteiger partial charge in [-0.3, -0.25) is 14.7 Å². The zero-order valence-electron chi connectivity index (χ0n) is 11.0. The Bertz CT molecular complexity index is 602. The van der Waals surface area contributed by atoms with Gasteiger partial charge in [-0.15, -0.1) is 0 Å². The second-order valence-corrected chi connectivity index (χ2v) is 5.07. The molecule has 0 spiro atoms. The molecule has 1 saturated carbocycles. The fourth-order valence-corrected chi connectivity index (χ4v) is 2.27. The summed E-state index contributed by atoms with van der Waals surface area (Å²) in [7, 11) is 2.00. The highest BCUT2D eigenvalue weighted by atomic mass is 16.2. The zero-order chi connectivity index (χ0) is 13.2. The average Bonchev–Trinajstić information content (AvgIpc) is 3.23. The third-order valence-electron chi connectivity index (χ3n) is 3.48. The predicted octanol–water partition coefficient (Wildman–Crippen LogP) is 2.27. The maximum atomic E-state index is 12.0. The van der Waals surface area contributed by atoms with Crippen LogP contribution in [0.4, 0.5) is 5.69 Å². The summed E-state index contributed by atoms with van der Waals surface area (Å²) in [5.74, 6) is 0.0331. The molecule has 0 radical (unpaired) electrons. The molecular formula is C15H17N3O. The van der Waals surface area contributed by atoms with Crippen molar-refractivity contribution in [1.29, 1.82) is 0 Å². The van der Waals surface area contributed by atoms with E-state index in [-0.39, 0.29) is 5.91 Å². The van der Waals surface area contributed by atoms with Gasteiger partial charge in [-0.05, 0) is 44.2 Å². The maximum absolute atomic E-state index is 12.0. The van der Waals surface area contributed by atoms with Crippen molar-refractivity contribution in [3.63, 3.8) is 0 Å². The number of rotatable bonds is 4. The number of likely N-dealkylation sites (N-methyl/N-ethyl adjacent to an activating group) is 1. The number of carbonyl (C=O) groups excluding carboxylic acids is 1. The molecule has 1 aliphatic rings. The van der Waals surface area contributed by atoms with E-state index in [1.165, 1.54) is 12.8 Å². The third-order valence-corrected chi connectivity index (χ3v) is 3.48.